The fraction of sp³-hybridized carbons (Fsp3) is 0.0500. The van der Waals surface area contributed by atoms with Crippen LogP contribution in [0.15, 0.2) is 72.8 Å². The molecule has 0 aliphatic rings. The van der Waals surface area contributed by atoms with Crippen LogP contribution in [0.3, 0.4) is 0 Å². The summed E-state index contributed by atoms with van der Waals surface area (Å²) in [6, 6.07) is 19.7. The first-order chi connectivity index (χ1) is 12.1. The Morgan fingerprint density at radius 2 is 1.24 bits per heavy atom. The molecule has 1 N–H and O–H groups in total. The Hall–Kier alpha value is -3.08. The smallest absolute Gasteiger partial charge is 0.236 e. The van der Waals surface area contributed by atoms with Crippen LogP contribution in [-0.2, 0) is 4.79 Å². The monoisotopic (exact) mass is 341 g/mol. The number of hydrogen-bond acceptors (Lipinski definition) is 1. The summed E-state index contributed by atoms with van der Waals surface area (Å²) in [5.41, 5.74) is 1.00. The molecule has 0 bridgehead atoms. The first-order valence-corrected chi connectivity index (χ1v) is 7.62. The van der Waals surface area contributed by atoms with Crippen molar-refractivity contribution in [3.05, 3.63) is 101 Å². The Morgan fingerprint density at radius 3 is 1.76 bits per heavy atom. The first-order valence-electron chi connectivity index (χ1n) is 7.62. The van der Waals surface area contributed by atoms with Crippen LogP contribution in [0.5, 0.6) is 0 Å². The maximum atomic E-state index is 13.9. The molecular weight excluding hydrogens is 327 g/mol. The van der Waals surface area contributed by atoms with Crippen LogP contribution in [0, 0.1) is 17.5 Å². The third kappa shape index (κ3) is 3.55. The molecular formula is C20H14F3NO. The van der Waals surface area contributed by atoms with Crippen molar-refractivity contribution in [3.8, 4) is 0 Å². The minimum atomic E-state index is -1.62. The lowest BCUT2D eigenvalue weighted by molar-refractivity contribution is -0.116. The number of nitrogens with one attached hydrogen (secondary N) is 1. The van der Waals surface area contributed by atoms with Gasteiger partial charge in [-0.05, 0) is 23.3 Å². The highest BCUT2D eigenvalue weighted by atomic mass is 19.2. The number of anilines is 1. The third-order valence-corrected chi connectivity index (χ3v) is 3.82. The van der Waals surface area contributed by atoms with E-state index in [-0.39, 0.29) is 0 Å². The number of hydrogen-bond donors (Lipinski definition) is 1. The number of carbonyl (C=O) groups excluding carboxylic acids is 1. The van der Waals surface area contributed by atoms with Gasteiger partial charge in [0.1, 0.15) is 0 Å². The Bertz CT molecular complexity index is 843. The zero-order chi connectivity index (χ0) is 17.8. The van der Waals surface area contributed by atoms with Gasteiger partial charge in [0.2, 0.25) is 5.91 Å². The number of benzene rings is 3. The molecule has 0 unspecified atom stereocenters. The Morgan fingerprint density at radius 1 is 0.720 bits per heavy atom. The van der Waals surface area contributed by atoms with Crippen LogP contribution in [0.25, 0.3) is 0 Å². The van der Waals surface area contributed by atoms with E-state index < -0.39 is 35.0 Å². The minimum absolute atomic E-state index is 0.402. The Kier molecular flexibility index (Phi) is 4.84. The second-order valence-corrected chi connectivity index (χ2v) is 5.47. The van der Waals surface area contributed by atoms with Crippen LogP contribution in [0.1, 0.15) is 17.0 Å². The summed E-state index contributed by atoms with van der Waals surface area (Å²) in [5.74, 6) is -5.60. The summed E-state index contributed by atoms with van der Waals surface area (Å²) in [7, 11) is 0. The normalized spacial score (nSPS) is 10.7. The fourth-order valence-electron chi connectivity index (χ4n) is 2.61. The van der Waals surface area contributed by atoms with Crippen LogP contribution in [0.4, 0.5) is 18.9 Å². The van der Waals surface area contributed by atoms with Gasteiger partial charge in [0, 0.05) is 0 Å². The van der Waals surface area contributed by atoms with Crippen LogP contribution < -0.4 is 5.32 Å². The summed E-state index contributed by atoms with van der Waals surface area (Å²) < 4.78 is 40.3. The number of halogens is 3. The fourth-order valence-corrected chi connectivity index (χ4v) is 2.61. The van der Waals surface area contributed by atoms with Gasteiger partial charge in [-0.3, -0.25) is 4.79 Å². The molecule has 0 aliphatic carbocycles. The van der Waals surface area contributed by atoms with Crippen LogP contribution in [0.2, 0.25) is 0 Å². The maximum Gasteiger partial charge on any atom is 0.236 e. The van der Waals surface area contributed by atoms with Crippen molar-refractivity contribution in [2.24, 2.45) is 0 Å². The van der Waals surface area contributed by atoms with Crippen molar-refractivity contribution in [2.45, 2.75) is 5.92 Å². The first kappa shape index (κ1) is 16.8. The van der Waals surface area contributed by atoms with Crippen molar-refractivity contribution < 1.29 is 18.0 Å². The molecule has 126 valence electrons. The van der Waals surface area contributed by atoms with E-state index in [1.165, 1.54) is 0 Å². The lowest BCUT2D eigenvalue weighted by Gasteiger charge is -2.18. The lowest BCUT2D eigenvalue weighted by Crippen LogP contribution is -2.23. The summed E-state index contributed by atoms with van der Waals surface area (Å²) >= 11 is 0. The average Bonchev–Trinajstić information content (AvgIpc) is 2.64. The SMILES string of the molecule is O=C(Nc1ccc(F)c(F)c1F)C(c1ccccc1)c1ccccc1. The molecule has 0 heterocycles. The molecule has 1 amide bonds. The second-order valence-electron chi connectivity index (χ2n) is 5.47. The van der Waals surface area contributed by atoms with Gasteiger partial charge in [-0.2, -0.15) is 0 Å². The molecule has 0 atom stereocenters. The summed E-state index contributed by atoms with van der Waals surface area (Å²) in [4.78, 5) is 12.8. The van der Waals surface area contributed by atoms with E-state index in [1.54, 1.807) is 48.5 Å². The van der Waals surface area contributed by atoms with Crippen molar-refractivity contribution in [1.82, 2.24) is 0 Å². The highest BCUT2D eigenvalue weighted by Gasteiger charge is 2.24. The minimum Gasteiger partial charge on any atom is -0.323 e. The lowest BCUT2D eigenvalue weighted by atomic mass is 9.90. The molecule has 25 heavy (non-hydrogen) atoms. The van der Waals surface area contributed by atoms with Crippen LogP contribution in [-0.4, -0.2) is 5.91 Å². The zero-order valence-corrected chi connectivity index (χ0v) is 13.0. The van der Waals surface area contributed by atoms with Crippen molar-refractivity contribution >= 4 is 11.6 Å². The van der Waals surface area contributed by atoms with E-state index in [2.05, 4.69) is 5.32 Å². The predicted octanol–water partition coefficient (Wildman–Crippen LogP) is 4.87. The topological polar surface area (TPSA) is 29.1 Å². The van der Waals surface area contributed by atoms with Gasteiger partial charge < -0.3 is 5.32 Å². The largest absolute Gasteiger partial charge is 0.323 e. The molecule has 2 nitrogen and oxygen atoms in total. The van der Waals surface area contributed by atoms with Gasteiger partial charge in [-0.1, -0.05) is 60.7 Å². The number of rotatable bonds is 4. The van der Waals surface area contributed by atoms with E-state index in [0.29, 0.717) is 11.1 Å². The van der Waals surface area contributed by atoms with Gasteiger partial charge in [0.15, 0.2) is 17.5 Å². The quantitative estimate of drug-likeness (QED) is 0.674. The molecule has 0 radical (unpaired) electrons. The summed E-state index contributed by atoms with van der Waals surface area (Å²) in [6.07, 6.45) is 0. The second kappa shape index (κ2) is 7.21. The standard InChI is InChI=1S/C20H14F3NO/c21-15-11-12-16(19(23)18(15)22)24-20(25)17(13-7-3-1-4-8-13)14-9-5-2-6-10-14/h1-12,17H,(H,24,25). The Labute approximate surface area is 142 Å². The maximum absolute atomic E-state index is 13.9. The van der Waals surface area contributed by atoms with Crippen LogP contribution >= 0.6 is 0 Å². The number of carbonyl (C=O) groups is 1. The zero-order valence-electron chi connectivity index (χ0n) is 13.0. The molecule has 5 heteroatoms. The van der Waals surface area contributed by atoms with Crippen molar-refractivity contribution in [3.63, 3.8) is 0 Å². The average molecular weight is 341 g/mol. The van der Waals surface area contributed by atoms with Gasteiger partial charge in [-0.15, -0.1) is 0 Å². The molecule has 3 rings (SSSR count). The molecule has 0 fully saturated rings. The predicted molar refractivity (Wildman–Crippen MR) is 89.7 cm³/mol. The molecule has 0 saturated heterocycles. The van der Waals surface area contributed by atoms with Crippen molar-refractivity contribution in [1.29, 1.82) is 0 Å². The molecule has 3 aromatic carbocycles. The third-order valence-electron chi connectivity index (χ3n) is 3.82. The highest BCUT2D eigenvalue weighted by Crippen LogP contribution is 2.27. The number of amides is 1. The van der Waals surface area contributed by atoms with Gasteiger partial charge in [0.05, 0.1) is 11.6 Å². The van der Waals surface area contributed by atoms with E-state index >= 15 is 0 Å². The highest BCUT2D eigenvalue weighted by molar-refractivity contribution is 5.98. The molecule has 0 spiro atoms. The molecule has 0 aromatic heterocycles. The molecule has 0 saturated carbocycles. The van der Waals surface area contributed by atoms with E-state index in [4.69, 9.17) is 0 Å². The van der Waals surface area contributed by atoms with Gasteiger partial charge in [0.25, 0.3) is 0 Å². The molecule has 3 aromatic rings. The summed E-state index contributed by atoms with van der Waals surface area (Å²) in [5, 5.41) is 2.35. The van der Waals surface area contributed by atoms with E-state index in [9.17, 15) is 18.0 Å². The van der Waals surface area contributed by atoms with Crippen molar-refractivity contribution in [2.75, 3.05) is 5.32 Å². The molecule has 0 aliphatic heterocycles. The van der Waals surface area contributed by atoms with E-state index in [0.717, 1.165) is 12.1 Å². The van der Waals surface area contributed by atoms with E-state index in [1.807, 2.05) is 12.1 Å². The Balaban J connectivity index is 1.97. The summed E-state index contributed by atoms with van der Waals surface area (Å²) in [6.45, 7) is 0. The van der Waals surface area contributed by atoms with Gasteiger partial charge >= 0.3 is 0 Å². The van der Waals surface area contributed by atoms with Gasteiger partial charge in [-0.25, -0.2) is 13.2 Å².